The number of benzene rings is 1. The zero-order valence-corrected chi connectivity index (χ0v) is 17.1. The SMILES string of the molecule is C=C(/C=C\C(=C/C)Oc1cc(OC)ncn1)c1nc(Nc2cccc(C(F)(F)F)c2)n[nH]1. The predicted molar refractivity (Wildman–Crippen MR) is 112 cm³/mol. The highest BCUT2D eigenvalue weighted by Crippen LogP contribution is 2.31. The van der Waals surface area contributed by atoms with Gasteiger partial charge >= 0.3 is 6.18 Å². The second kappa shape index (κ2) is 9.77. The number of rotatable bonds is 8. The highest BCUT2D eigenvalue weighted by atomic mass is 19.4. The van der Waals surface area contributed by atoms with Crippen LogP contribution in [0.2, 0.25) is 0 Å². The highest BCUT2D eigenvalue weighted by Gasteiger charge is 2.30. The summed E-state index contributed by atoms with van der Waals surface area (Å²) in [6.07, 6.45) is 1.89. The van der Waals surface area contributed by atoms with Crippen LogP contribution >= 0.6 is 0 Å². The summed E-state index contributed by atoms with van der Waals surface area (Å²) in [5.41, 5.74) is -0.0972. The topological polar surface area (TPSA) is 97.8 Å². The quantitative estimate of drug-likeness (QED) is 0.376. The average molecular weight is 444 g/mol. The van der Waals surface area contributed by atoms with Crippen LogP contribution in [0.15, 0.2) is 67.2 Å². The Labute approximate surface area is 181 Å². The van der Waals surface area contributed by atoms with Crippen LogP contribution in [0, 0.1) is 0 Å². The van der Waals surface area contributed by atoms with Crippen LogP contribution in [0.25, 0.3) is 5.57 Å². The van der Waals surface area contributed by atoms with Crippen molar-refractivity contribution in [2.24, 2.45) is 0 Å². The normalized spacial score (nSPS) is 12.1. The van der Waals surface area contributed by atoms with E-state index in [2.05, 4.69) is 37.0 Å². The van der Waals surface area contributed by atoms with E-state index in [0.717, 1.165) is 12.1 Å². The summed E-state index contributed by atoms with van der Waals surface area (Å²) >= 11 is 0. The van der Waals surface area contributed by atoms with Crippen molar-refractivity contribution >= 4 is 17.2 Å². The van der Waals surface area contributed by atoms with E-state index < -0.39 is 11.7 Å². The molecule has 11 heteroatoms. The van der Waals surface area contributed by atoms with Gasteiger partial charge in [0, 0.05) is 11.3 Å². The van der Waals surface area contributed by atoms with E-state index >= 15 is 0 Å². The molecule has 0 saturated carbocycles. The lowest BCUT2D eigenvalue weighted by Crippen LogP contribution is -2.05. The lowest BCUT2D eigenvalue weighted by Gasteiger charge is -2.08. The van der Waals surface area contributed by atoms with Gasteiger partial charge in [-0.15, -0.1) is 5.10 Å². The van der Waals surface area contributed by atoms with Crippen LogP contribution in [0.1, 0.15) is 18.3 Å². The van der Waals surface area contributed by atoms with Crippen molar-refractivity contribution in [3.05, 3.63) is 78.6 Å². The monoisotopic (exact) mass is 444 g/mol. The van der Waals surface area contributed by atoms with Crippen molar-refractivity contribution in [3.63, 3.8) is 0 Å². The number of nitrogens with one attached hydrogen (secondary N) is 2. The van der Waals surface area contributed by atoms with E-state index in [0.29, 0.717) is 28.9 Å². The van der Waals surface area contributed by atoms with Crippen molar-refractivity contribution in [2.75, 3.05) is 12.4 Å². The molecular weight excluding hydrogens is 425 g/mol. The minimum atomic E-state index is -4.44. The zero-order chi connectivity index (χ0) is 23.1. The molecule has 8 nitrogen and oxygen atoms in total. The van der Waals surface area contributed by atoms with Crippen molar-refractivity contribution in [1.82, 2.24) is 25.1 Å². The van der Waals surface area contributed by atoms with Crippen LogP contribution < -0.4 is 14.8 Å². The van der Waals surface area contributed by atoms with Gasteiger partial charge in [0.25, 0.3) is 0 Å². The van der Waals surface area contributed by atoms with Gasteiger partial charge in [-0.1, -0.05) is 12.6 Å². The second-order valence-corrected chi connectivity index (χ2v) is 6.26. The third-order valence-corrected chi connectivity index (χ3v) is 4.02. The second-order valence-electron chi connectivity index (χ2n) is 6.26. The molecule has 0 saturated heterocycles. The number of methoxy groups -OCH3 is 1. The Balaban J connectivity index is 1.65. The molecule has 3 aromatic rings. The molecule has 0 radical (unpaired) electrons. The molecule has 0 amide bonds. The van der Waals surface area contributed by atoms with Crippen molar-refractivity contribution < 1.29 is 22.6 Å². The first kappa shape index (κ1) is 22.5. The summed E-state index contributed by atoms with van der Waals surface area (Å²) in [6.45, 7) is 5.69. The molecule has 2 heterocycles. The van der Waals surface area contributed by atoms with Gasteiger partial charge in [-0.25, -0.2) is 9.97 Å². The predicted octanol–water partition coefficient (Wildman–Crippen LogP) is 4.92. The van der Waals surface area contributed by atoms with Gasteiger partial charge in [-0.05, 0) is 43.4 Å². The number of H-pyrrole nitrogens is 1. The van der Waals surface area contributed by atoms with E-state index in [1.807, 2.05) is 0 Å². The molecule has 3 rings (SSSR count). The van der Waals surface area contributed by atoms with Crippen LogP contribution in [0.3, 0.4) is 0 Å². The Morgan fingerprint density at radius 2 is 1.94 bits per heavy atom. The molecule has 0 spiro atoms. The highest BCUT2D eigenvalue weighted by molar-refractivity contribution is 5.68. The number of nitrogens with zero attached hydrogens (tertiary/aromatic N) is 4. The van der Waals surface area contributed by atoms with E-state index in [1.165, 1.54) is 31.6 Å². The van der Waals surface area contributed by atoms with Crippen LogP contribution in [0.5, 0.6) is 11.8 Å². The Hall–Kier alpha value is -4.15. The van der Waals surface area contributed by atoms with Gasteiger partial charge in [0.1, 0.15) is 12.1 Å². The van der Waals surface area contributed by atoms with E-state index in [1.54, 1.807) is 25.2 Å². The van der Waals surface area contributed by atoms with E-state index in [9.17, 15) is 13.2 Å². The molecule has 32 heavy (non-hydrogen) atoms. The molecular formula is C21H19F3N6O2. The summed E-state index contributed by atoms with van der Waals surface area (Å²) in [4.78, 5) is 12.1. The maximum Gasteiger partial charge on any atom is 0.416 e. The third-order valence-electron chi connectivity index (χ3n) is 4.02. The van der Waals surface area contributed by atoms with Gasteiger partial charge in [0.05, 0.1) is 18.7 Å². The number of allylic oxidation sites excluding steroid dienone is 4. The molecule has 0 bridgehead atoms. The lowest BCUT2D eigenvalue weighted by atomic mass is 10.2. The fraction of sp³-hybridized carbons (Fsp3) is 0.143. The molecule has 2 aromatic heterocycles. The lowest BCUT2D eigenvalue weighted by molar-refractivity contribution is -0.137. The standard InChI is InChI=1S/C21H19F3N6O2/c1-4-16(32-18-11-17(31-3)25-12-26-18)9-8-13(2)19-28-20(30-29-19)27-15-7-5-6-14(10-15)21(22,23)24/h4-12H,2H2,1,3H3,(H2,27,28,29,30)/b9-8-,16-4+. The van der Waals surface area contributed by atoms with Crippen molar-refractivity contribution in [3.8, 4) is 11.8 Å². The minimum absolute atomic E-state index is 0.101. The molecule has 0 unspecified atom stereocenters. The molecule has 0 aliphatic heterocycles. The molecule has 0 aliphatic carbocycles. The van der Waals surface area contributed by atoms with E-state index in [-0.39, 0.29) is 11.6 Å². The molecule has 2 N–H and O–H groups in total. The van der Waals surface area contributed by atoms with Crippen LogP contribution in [0.4, 0.5) is 24.8 Å². The van der Waals surface area contributed by atoms with Gasteiger partial charge in [0.2, 0.25) is 17.7 Å². The van der Waals surface area contributed by atoms with Gasteiger partial charge in [-0.3, -0.25) is 5.10 Å². The molecule has 1 aromatic carbocycles. The Bertz CT molecular complexity index is 1150. The summed E-state index contributed by atoms with van der Waals surface area (Å²) < 4.78 is 49.3. The fourth-order valence-corrected chi connectivity index (χ4v) is 2.43. The molecule has 0 fully saturated rings. The Kier molecular flexibility index (Phi) is 6.88. The zero-order valence-electron chi connectivity index (χ0n) is 17.1. The number of hydrogen-bond acceptors (Lipinski definition) is 7. The minimum Gasteiger partial charge on any atom is -0.481 e. The van der Waals surface area contributed by atoms with Crippen molar-refractivity contribution in [2.45, 2.75) is 13.1 Å². The number of aromatic amines is 1. The number of aromatic nitrogens is 5. The Morgan fingerprint density at radius 1 is 1.16 bits per heavy atom. The number of alkyl halides is 3. The molecule has 166 valence electrons. The van der Waals surface area contributed by atoms with Crippen LogP contribution in [-0.2, 0) is 6.18 Å². The number of anilines is 2. The summed E-state index contributed by atoms with van der Waals surface area (Å²) in [6, 6.07) is 6.28. The number of hydrogen-bond donors (Lipinski definition) is 2. The van der Waals surface area contributed by atoms with E-state index in [4.69, 9.17) is 9.47 Å². The number of ether oxygens (including phenoxy) is 2. The molecule has 0 aliphatic rings. The van der Waals surface area contributed by atoms with Gasteiger partial charge in [0.15, 0.2) is 5.82 Å². The number of halogens is 3. The maximum absolute atomic E-state index is 12.9. The summed E-state index contributed by atoms with van der Waals surface area (Å²) in [7, 11) is 1.49. The van der Waals surface area contributed by atoms with Gasteiger partial charge in [-0.2, -0.15) is 18.2 Å². The average Bonchev–Trinajstić information content (AvgIpc) is 3.24. The molecule has 0 atom stereocenters. The first-order valence-electron chi connectivity index (χ1n) is 9.22. The van der Waals surface area contributed by atoms with Gasteiger partial charge < -0.3 is 14.8 Å². The maximum atomic E-state index is 12.9. The third kappa shape index (κ3) is 5.94. The van der Waals surface area contributed by atoms with Crippen LogP contribution in [-0.4, -0.2) is 32.3 Å². The van der Waals surface area contributed by atoms with Crippen molar-refractivity contribution in [1.29, 1.82) is 0 Å². The largest absolute Gasteiger partial charge is 0.481 e. The Morgan fingerprint density at radius 3 is 2.66 bits per heavy atom. The first-order valence-corrected chi connectivity index (χ1v) is 9.22. The summed E-state index contributed by atoms with van der Waals surface area (Å²) in [5.74, 6) is 1.57. The summed E-state index contributed by atoms with van der Waals surface area (Å²) in [5, 5.41) is 9.37. The first-order chi connectivity index (χ1) is 15.3. The fourth-order valence-electron chi connectivity index (χ4n) is 2.43. The smallest absolute Gasteiger partial charge is 0.416 e.